The van der Waals surface area contributed by atoms with Crippen LogP contribution in [-0.2, 0) is 5.60 Å². The molecule has 0 aromatic carbocycles. The topological polar surface area (TPSA) is 74.8 Å². The molecule has 0 aliphatic carbocycles. The summed E-state index contributed by atoms with van der Waals surface area (Å²) in [7, 11) is 0. The van der Waals surface area contributed by atoms with Gasteiger partial charge in [0, 0.05) is 6.20 Å². The van der Waals surface area contributed by atoms with Crippen LogP contribution in [0.4, 0.5) is 0 Å². The summed E-state index contributed by atoms with van der Waals surface area (Å²) in [5.41, 5.74) is -1.67. The number of aliphatic hydroxyl groups is 2. The summed E-state index contributed by atoms with van der Waals surface area (Å²) in [6.45, 7) is 5.98. The van der Waals surface area contributed by atoms with Gasteiger partial charge in [-0.15, -0.1) is 0 Å². The summed E-state index contributed by atoms with van der Waals surface area (Å²) in [5.74, 6) is -0.453. The Labute approximate surface area is 111 Å². The summed E-state index contributed by atoms with van der Waals surface area (Å²) < 4.78 is 1.53. The van der Waals surface area contributed by atoms with Gasteiger partial charge in [-0.05, 0) is 39.8 Å². The third-order valence-electron chi connectivity index (χ3n) is 2.90. The van der Waals surface area contributed by atoms with E-state index in [0.717, 1.165) is 0 Å². The number of carbonyl (C=O) groups is 1. The maximum atomic E-state index is 12.4. The lowest BCUT2D eigenvalue weighted by Crippen LogP contribution is -2.33. The number of pyridine rings is 1. The van der Waals surface area contributed by atoms with E-state index >= 15 is 0 Å². The fourth-order valence-electron chi connectivity index (χ4n) is 1.96. The quantitative estimate of drug-likeness (QED) is 0.822. The lowest BCUT2D eigenvalue weighted by atomic mass is 9.91. The van der Waals surface area contributed by atoms with Gasteiger partial charge in [0.25, 0.3) is 0 Å². The van der Waals surface area contributed by atoms with Crippen LogP contribution in [0.2, 0.25) is 0 Å². The number of fused-ring (bicyclic) bond motifs is 1. The zero-order valence-corrected chi connectivity index (χ0v) is 11.5. The number of carbonyl (C=O) groups excluding carboxylic acids is 1. The van der Waals surface area contributed by atoms with E-state index < -0.39 is 17.0 Å². The van der Waals surface area contributed by atoms with E-state index in [2.05, 4.69) is 5.10 Å². The molecule has 0 amide bonds. The lowest BCUT2D eigenvalue weighted by molar-refractivity contribution is 0.0460. The van der Waals surface area contributed by atoms with Crippen molar-refractivity contribution in [3.05, 3.63) is 35.7 Å². The van der Waals surface area contributed by atoms with Crippen molar-refractivity contribution in [3.63, 3.8) is 0 Å². The standard InChI is InChI=1S/C14H18N2O3/c1-13(2,18)11-10(12(17)14(3,4)19)9-7-5-6-8-16(9)15-11/h5-8,18-19H,1-4H3. The molecular weight excluding hydrogens is 244 g/mol. The number of Topliss-reactive ketones (excluding diaryl/α,β-unsaturated/α-hetero) is 1. The summed E-state index contributed by atoms with van der Waals surface area (Å²) in [5, 5.41) is 24.4. The van der Waals surface area contributed by atoms with Crippen LogP contribution in [0.3, 0.4) is 0 Å². The van der Waals surface area contributed by atoms with Crippen LogP contribution in [0.25, 0.3) is 5.52 Å². The van der Waals surface area contributed by atoms with E-state index in [0.29, 0.717) is 5.52 Å². The maximum absolute atomic E-state index is 12.4. The van der Waals surface area contributed by atoms with Crippen LogP contribution in [0.1, 0.15) is 43.7 Å². The van der Waals surface area contributed by atoms with Crippen LogP contribution in [-0.4, -0.2) is 31.2 Å². The monoisotopic (exact) mass is 262 g/mol. The molecule has 5 nitrogen and oxygen atoms in total. The zero-order chi connectivity index (χ0) is 14.4. The number of nitrogens with zero attached hydrogens (tertiary/aromatic N) is 2. The zero-order valence-electron chi connectivity index (χ0n) is 11.5. The van der Waals surface area contributed by atoms with Crippen molar-refractivity contribution in [2.24, 2.45) is 0 Å². The first-order valence-electron chi connectivity index (χ1n) is 6.10. The van der Waals surface area contributed by atoms with E-state index in [9.17, 15) is 15.0 Å². The first-order chi connectivity index (χ1) is 8.62. The van der Waals surface area contributed by atoms with Gasteiger partial charge in [0.15, 0.2) is 5.78 Å². The van der Waals surface area contributed by atoms with Crippen molar-refractivity contribution in [1.82, 2.24) is 9.61 Å². The van der Waals surface area contributed by atoms with E-state index in [1.54, 1.807) is 38.2 Å². The van der Waals surface area contributed by atoms with Gasteiger partial charge < -0.3 is 10.2 Å². The number of hydrogen-bond acceptors (Lipinski definition) is 4. The molecule has 2 aromatic rings. The van der Waals surface area contributed by atoms with Crippen molar-refractivity contribution in [2.75, 3.05) is 0 Å². The van der Waals surface area contributed by atoms with Crippen LogP contribution >= 0.6 is 0 Å². The Morgan fingerprint density at radius 3 is 2.37 bits per heavy atom. The highest BCUT2D eigenvalue weighted by molar-refractivity contribution is 6.08. The predicted molar refractivity (Wildman–Crippen MR) is 71.1 cm³/mol. The maximum Gasteiger partial charge on any atom is 0.197 e. The Morgan fingerprint density at radius 2 is 1.84 bits per heavy atom. The van der Waals surface area contributed by atoms with Crippen molar-refractivity contribution in [3.8, 4) is 0 Å². The van der Waals surface area contributed by atoms with Crippen LogP contribution in [0, 0.1) is 0 Å². The molecule has 0 spiro atoms. The third kappa shape index (κ3) is 2.39. The Bertz CT molecular complexity index is 630. The molecular formula is C14H18N2O3. The van der Waals surface area contributed by atoms with E-state index in [1.165, 1.54) is 18.4 Å². The average Bonchev–Trinajstić information content (AvgIpc) is 2.65. The molecule has 0 bridgehead atoms. The molecule has 2 N–H and O–H groups in total. The van der Waals surface area contributed by atoms with Crippen molar-refractivity contribution < 1.29 is 15.0 Å². The Morgan fingerprint density at radius 1 is 1.21 bits per heavy atom. The molecule has 2 heterocycles. The molecule has 0 atom stereocenters. The molecule has 0 saturated heterocycles. The minimum absolute atomic E-state index is 0.264. The fraction of sp³-hybridized carbons (Fsp3) is 0.429. The highest BCUT2D eigenvalue weighted by Crippen LogP contribution is 2.28. The minimum atomic E-state index is -1.51. The van der Waals surface area contributed by atoms with Crippen molar-refractivity contribution >= 4 is 11.3 Å². The molecule has 0 unspecified atom stereocenters. The first-order valence-corrected chi connectivity index (χ1v) is 6.10. The second kappa shape index (κ2) is 4.15. The Balaban J connectivity index is 2.79. The van der Waals surface area contributed by atoms with E-state index in [1.807, 2.05) is 0 Å². The molecule has 19 heavy (non-hydrogen) atoms. The fourth-order valence-corrected chi connectivity index (χ4v) is 1.96. The molecule has 102 valence electrons. The highest BCUT2D eigenvalue weighted by atomic mass is 16.3. The van der Waals surface area contributed by atoms with Gasteiger partial charge in [0.1, 0.15) is 16.9 Å². The molecule has 0 radical (unpaired) electrons. The molecule has 5 heteroatoms. The highest BCUT2D eigenvalue weighted by Gasteiger charge is 2.35. The number of aromatic nitrogens is 2. The van der Waals surface area contributed by atoms with E-state index in [-0.39, 0.29) is 11.3 Å². The van der Waals surface area contributed by atoms with Crippen molar-refractivity contribution in [2.45, 2.75) is 38.9 Å². The van der Waals surface area contributed by atoms with Gasteiger partial charge in [-0.3, -0.25) is 4.79 Å². The number of hydrogen-bond donors (Lipinski definition) is 2. The van der Waals surface area contributed by atoms with Crippen LogP contribution < -0.4 is 0 Å². The Kier molecular flexibility index (Phi) is 2.99. The largest absolute Gasteiger partial charge is 0.384 e. The number of ketones is 1. The van der Waals surface area contributed by atoms with Crippen LogP contribution in [0.15, 0.2) is 24.4 Å². The van der Waals surface area contributed by atoms with Gasteiger partial charge in [-0.2, -0.15) is 5.10 Å². The predicted octanol–water partition coefficient (Wildman–Crippen LogP) is 1.52. The normalized spacial score (nSPS) is 12.9. The summed E-state index contributed by atoms with van der Waals surface area (Å²) in [6.07, 6.45) is 1.70. The summed E-state index contributed by atoms with van der Waals surface area (Å²) in [6, 6.07) is 5.31. The second-order valence-electron chi connectivity index (χ2n) is 5.70. The lowest BCUT2D eigenvalue weighted by Gasteiger charge is -2.20. The van der Waals surface area contributed by atoms with Crippen LogP contribution in [0.5, 0.6) is 0 Å². The molecule has 0 aliphatic heterocycles. The van der Waals surface area contributed by atoms with Gasteiger partial charge in [-0.1, -0.05) is 6.07 Å². The smallest absolute Gasteiger partial charge is 0.197 e. The summed E-state index contributed by atoms with van der Waals surface area (Å²) >= 11 is 0. The SMILES string of the molecule is CC(C)(O)C(=O)c1c(C(C)(C)O)nn2ccccc12. The van der Waals surface area contributed by atoms with E-state index in [4.69, 9.17) is 0 Å². The molecule has 2 aromatic heterocycles. The third-order valence-corrected chi connectivity index (χ3v) is 2.90. The molecule has 0 saturated carbocycles. The van der Waals surface area contributed by atoms with Gasteiger partial charge in [0.05, 0.1) is 11.1 Å². The second-order valence-corrected chi connectivity index (χ2v) is 5.70. The van der Waals surface area contributed by atoms with Crippen molar-refractivity contribution in [1.29, 1.82) is 0 Å². The average molecular weight is 262 g/mol. The van der Waals surface area contributed by atoms with Gasteiger partial charge in [-0.25, -0.2) is 4.52 Å². The minimum Gasteiger partial charge on any atom is -0.384 e. The van der Waals surface area contributed by atoms with Gasteiger partial charge in [0.2, 0.25) is 0 Å². The number of rotatable bonds is 3. The summed E-state index contributed by atoms with van der Waals surface area (Å²) in [4.78, 5) is 12.4. The molecule has 0 fully saturated rings. The Hall–Kier alpha value is -1.72. The van der Waals surface area contributed by atoms with Gasteiger partial charge >= 0.3 is 0 Å². The molecule has 2 rings (SSSR count). The first kappa shape index (κ1) is 13.7. The molecule has 0 aliphatic rings.